The van der Waals surface area contributed by atoms with E-state index in [0.29, 0.717) is 13.1 Å². The summed E-state index contributed by atoms with van der Waals surface area (Å²) in [5, 5.41) is 3.20. The summed E-state index contributed by atoms with van der Waals surface area (Å²) in [5.41, 5.74) is 0.195. The number of nitrogens with one attached hydrogen (secondary N) is 1. The number of hydrogen-bond donors (Lipinski definition) is 1. The second-order valence-corrected chi connectivity index (χ2v) is 5.86. The van der Waals surface area contributed by atoms with E-state index in [1.54, 1.807) is 0 Å². The van der Waals surface area contributed by atoms with Gasteiger partial charge in [-0.2, -0.15) is 13.2 Å². The van der Waals surface area contributed by atoms with E-state index in [0.717, 1.165) is 32.6 Å². The highest BCUT2D eigenvalue weighted by molar-refractivity contribution is 4.82. The van der Waals surface area contributed by atoms with Gasteiger partial charge in [0.15, 0.2) is 0 Å². The van der Waals surface area contributed by atoms with Crippen LogP contribution in [0.4, 0.5) is 13.2 Å². The largest absolute Gasteiger partial charge is 0.401 e. The van der Waals surface area contributed by atoms with Crippen molar-refractivity contribution in [1.82, 2.24) is 15.1 Å². The monoisotopic (exact) mass is 281 g/mol. The normalized spacial score (nSPS) is 22.4. The minimum Gasteiger partial charge on any atom is -0.319 e. The molecular formula is C13H26F3N3. The van der Waals surface area contributed by atoms with Gasteiger partial charge in [-0.25, -0.2) is 0 Å². The molecule has 1 heterocycles. The van der Waals surface area contributed by atoms with Gasteiger partial charge in [-0.1, -0.05) is 13.8 Å². The summed E-state index contributed by atoms with van der Waals surface area (Å²) < 4.78 is 36.9. The van der Waals surface area contributed by atoms with Gasteiger partial charge in [0, 0.05) is 39.3 Å². The summed E-state index contributed by atoms with van der Waals surface area (Å²) in [4.78, 5) is 3.78. The third-order valence-corrected chi connectivity index (χ3v) is 3.93. The second-order valence-electron chi connectivity index (χ2n) is 5.86. The van der Waals surface area contributed by atoms with Crippen molar-refractivity contribution in [2.45, 2.75) is 26.4 Å². The first kappa shape index (κ1) is 16.7. The van der Waals surface area contributed by atoms with Crippen molar-refractivity contribution >= 4 is 0 Å². The molecule has 1 rings (SSSR count). The van der Waals surface area contributed by atoms with E-state index in [4.69, 9.17) is 0 Å². The molecule has 19 heavy (non-hydrogen) atoms. The topological polar surface area (TPSA) is 18.5 Å². The molecule has 0 saturated carbocycles. The first-order valence-electron chi connectivity index (χ1n) is 6.94. The molecule has 1 aliphatic rings. The molecule has 1 atom stereocenters. The van der Waals surface area contributed by atoms with E-state index in [1.807, 2.05) is 7.05 Å². The van der Waals surface area contributed by atoms with Crippen LogP contribution in [0.3, 0.4) is 0 Å². The quantitative estimate of drug-likeness (QED) is 0.801. The van der Waals surface area contributed by atoms with Crippen molar-refractivity contribution in [3.05, 3.63) is 0 Å². The Labute approximate surface area is 114 Å². The Morgan fingerprint density at radius 1 is 1.00 bits per heavy atom. The third kappa shape index (κ3) is 6.10. The van der Waals surface area contributed by atoms with Crippen LogP contribution in [0.5, 0.6) is 0 Å². The van der Waals surface area contributed by atoms with Crippen molar-refractivity contribution < 1.29 is 13.2 Å². The lowest BCUT2D eigenvalue weighted by Gasteiger charge is -2.40. The van der Waals surface area contributed by atoms with Crippen LogP contribution in [-0.2, 0) is 0 Å². The molecule has 0 aliphatic carbocycles. The molecule has 0 aromatic heterocycles. The Hall–Kier alpha value is -0.330. The summed E-state index contributed by atoms with van der Waals surface area (Å²) in [6.07, 6.45) is -3.01. The van der Waals surface area contributed by atoms with Crippen LogP contribution in [0.15, 0.2) is 0 Å². The van der Waals surface area contributed by atoms with E-state index in [2.05, 4.69) is 24.1 Å². The van der Waals surface area contributed by atoms with Crippen molar-refractivity contribution in [2.24, 2.45) is 5.41 Å². The number of piperazine rings is 1. The number of hydrogen-bond acceptors (Lipinski definition) is 3. The maximum absolute atomic E-state index is 12.3. The highest BCUT2D eigenvalue weighted by Gasteiger charge is 2.33. The summed E-state index contributed by atoms with van der Waals surface area (Å²) >= 11 is 0. The van der Waals surface area contributed by atoms with Crippen LogP contribution >= 0.6 is 0 Å². The Bertz CT molecular complexity index is 262. The van der Waals surface area contributed by atoms with E-state index < -0.39 is 12.7 Å². The minimum absolute atomic E-state index is 0.195. The number of nitrogens with zero attached hydrogens (tertiary/aromatic N) is 2. The van der Waals surface area contributed by atoms with Gasteiger partial charge < -0.3 is 10.2 Å². The summed E-state index contributed by atoms with van der Waals surface area (Å²) in [5.74, 6) is 0. The molecule has 0 bridgehead atoms. The highest BCUT2D eigenvalue weighted by Crippen LogP contribution is 2.23. The zero-order valence-corrected chi connectivity index (χ0v) is 12.2. The maximum atomic E-state index is 12.3. The van der Waals surface area contributed by atoms with Gasteiger partial charge in [0.1, 0.15) is 0 Å². The van der Waals surface area contributed by atoms with E-state index in [1.165, 1.54) is 4.90 Å². The van der Waals surface area contributed by atoms with Crippen LogP contribution in [0.25, 0.3) is 0 Å². The van der Waals surface area contributed by atoms with Gasteiger partial charge >= 0.3 is 6.18 Å². The highest BCUT2D eigenvalue weighted by atomic mass is 19.4. The first-order chi connectivity index (χ1) is 8.78. The summed E-state index contributed by atoms with van der Waals surface area (Å²) in [6, 6.07) is 0. The standard InChI is InChI=1S/C13H26F3N3/c1-4-12(2,9-17-3)10-18-5-7-19(8-6-18)11-13(14,15)16/h17H,4-11H2,1-3H3. The van der Waals surface area contributed by atoms with Crippen LogP contribution < -0.4 is 5.32 Å². The minimum atomic E-state index is -4.08. The molecule has 3 nitrogen and oxygen atoms in total. The first-order valence-corrected chi connectivity index (χ1v) is 6.94. The smallest absolute Gasteiger partial charge is 0.319 e. The maximum Gasteiger partial charge on any atom is 0.401 e. The molecule has 6 heteroatoms. The third-order valence-electron chi connectivity index (χ3n) is 3.93. The Morgan fingerprint density at radius 2 is 1.47 bits per heavy atom. The number of rotatable bonds is 6. The molecule has 0 aromatic rings. The van der Waals surface area contributed by atoms with Crippen molar-refractivity contribution in [3.63, 3.8) is 0 Å². The average molecular weight is 281 g/mol. The van der Waals surface area contributed by atoms with Gasteiger partial charge in [0.2, 0.25) is 0 Å². The predicted octanol–water partition coefficient (Wildman–Crippen LogP) is 1.80. The van der Waals surface area contributed by atoms with Crippen LogP contribution in [0.2, 0.25) is 0 Å². The lowest BCUT2D eigenvalue weighted by atomic mass is 9.86. The van der Waals surface area contributed by atoms with Gasteiger partial charge in [0.05, 0.1) is 6.54 Å². The number of alkyl halides is 3. The second kappa shape index (κ2) is 6.90. The fourth-order valence-electron chi connectivity index (χ4n) is 2.62. The van der Waals surface area contributed by atoms with Crippen molar-refractivity contribution in [3.8, 4) is 0 Å². The molecule has 1 fully saturated rings. The fraction of sp³-hybridized carbons (Fsp3) is 1.00. The van der Waals surface area contributed by atoms with Crippen LogP contribution in [0, 0.1) is 5.41 Å². The Kier molecular flexibility index (Phi) is 6.08. The number of halogens is 3. The average Bonchev–Trinajstić information content (AvgIpc) is 2.30. The molecular weight excluding hydrogens is 255 g/mol. The molecule has 1 saturated heterocycles. The zero-order valence-electron chi connectivity index (χ0n) is 12.2. The van der Waals surface area contributed by atoms with Gasteiger partial charge in [-0.15, -0.1) is 0 Å². The molecule has 1 unspecified atom stereocenters. The predicted molar refractivity (Wildman–Crippen MR) is 71.3 cm³/mol. The van der Waals surface area contributed by atoms with Gasteiger partial charge in [-0.05, 0) is 18.9 Å². The molecule has 1 N–H and O–H groups in total. The zero-order chi connectivity index (χ0) is 14.5. The molecule has 0 amide bonds. The van der Waals surface area contributed by atoms with Crippen LogP contribution in [-0.4, -0.2) is 68.8 Å². The molecule has 0 radical (unpaired) electrons. The SMILES string of the molecule is CCC(C)(CNC)CN1CCN(CC(F)(F)F)CC1. The molecule has 0 spiro atoms. The Balaban J connectivity index is 2.37. The Morgan fingerprint density at radius 3 is 1.84 bits per heavy atom. The molecule has 0 aromatic carbocycles. The van der Waals surface area contributed by atoms with E-state index in [9.17, 15) is 13.2 Å². The fourth-order valence-corrected chi connectivity index (χ4v) is 2.62. The van der Waals surface area contributed by atoms with E-state index in [-0.39, 0.29) is 5.41 Å². The molecule has 114 valence electrons. The van der Waals surface area contributed by atoms with Crippen LogP contribution in [0.1, 0.15) is 20.3 Å². The molecule has 1 aliphatic heterocycles. The summed E-state index contributed by atoms with van der Waals surface area (Å²) in [6.45, 7) is 7.99. The summed E-state index contributed by atoms with van der Waals surface area (Å²) in [7, 11) is 1.94. The van der Waals surface area contributed by atoms with Gasteiger partial charge in [0.25, 0.3) is 0 Å². The van der Waals surface area contributed by atoms with Crippen molar-refractivity contribution in [2.75, 3.05) is 52.9 Å². The van der Waals surface area contributed by atoms with Crippen molar-refractivity contribution in [1.29, 1.82) is 0 Å². The van der Waals surface area contributed by atoms with E-state index >= 15 is 0 Å². The lowest BCUT2D eigenvalue weighted by Crippen LogP contribution is -2.52. The van der Waals surface area contributed by atoms with Gasteiger partial charge in [-0.3, -0.25) is 4.90 Å². The lowest BCUT2D eigenvalue weighted by molar-refractivity contribution is -0.149.